The number of hydrogen-bond acceptors (Lipinski definition) is 8. The number of nitrogens with two attached hydrogens (primary N) is 2. The van der Waals surface area contributed by atoms with Crippen LogP contribution in [0.4, 0.5) is 0 Å². The molecule has 1 aromatic rings. The Morgan fingerprint density at radius 2 is 0.719 bits per heavy atom. The van der Waals surface area contributed by atoms with E-state index in [-0.39, 0.29) is 11.1 Å². The fraction of sp³-hybridized carbons (Fsp3) is 0.333. The van der Waals surface area contributed by atoms with Gasteiger partial charge in [0.25, 0.3) is 23.9 Å². The highest BCUT2D eigenvalue weighted by molar-refractivity contribution is 6.01. The third-order valence-electron chi connectivity index (χ3n) is 1.55. The SMILES string of the molecule is CC(=O)O.CC(=O)O.CC(=O)O.CC(=O)O.NCCN.O=C(O)c1ccccc1C(=O)O. The first-order chi connectivity index (χ1) is 14.5. The Morgan fingerprint density at radius 1 is 0.562 bits per heavy atom. The smallest absolute Gasteiger partial charge is 0.336 e. The quantitative estimate of drug-likeness (QED) is 0.298. The van der Waals surface area contributed by atoms with Gasteiger partial charge in [0, 0.05) is 40.8 Å². The number of hydrogen-bond donors (Lipinski definition) is 8. The third kappa shape index (κ3) is 63.5. The Labute approximate surface area is 183 Å². The molecule has 184 valence electrons. The van der Waals surface area contributed by atoms with E-state index in [0.717, 1.165) is 27.7 Å². The van der Waals surface area contributed by atoms with Crippen LogP contribution in [-0.4, -0.2) is 79.5 Å². The molecule has 0 radical (unpaired) electrons. The fourth-order valence-electron chi connectivity index (χ4n) is 0.856. The zero-order chi connectivity index (χ0) is 26.9. The molecule has 1 rings (SSSR count). The standard InChI is InChI=1S/C8H6O4.C2H8N2.4C2H4O2/c9-7(10)5-3-1-2-4-6(5)8(11)12;3-1-2-4;4*1-2(3)4/h1-4H,(H,9,10)(H,11,12);1-4H2;4*1H3,(H,3,4). The Hall–Kier alpha value is -4.04. The van der Waals surface area contributed by atoms with Crippen molar-refractivity contribution in [3.63, 3.8) is 0 Å². The monoisotopic (exact) mass is 466 g/mol. The van der Waals surface area contributed by atoms with Crippen molar-refractivity contribution in [3.05, 3.63) is 35.4 Å². The summed E-state index contributed by atoms with van der Waals surface area (Å²) in [4.78, 5) is 56.9. The second-order valence-electron chi connectivity index (χ2n) is 4.81. The summed E-state index contributed by atoms with van der Waals surface area (Å²) in [7, 11) is 0. The van der Waals surface area contributed by atoms with E-state index in [1.54, 1.807) is 0 Å². The molecular formula is C18H30N2O12. The van der Waals surface area contributed by atoms with Gasteiger partial charge in [0.05, 0.1) is 11.1 Å². The van der Waals surface area contributed by atoms with E-state index < -0.39 is 35.8 Å². The first kappa shape index (κ1) is 38.6. The van der Waals surface area contributed by atoms with E-state index in [9.17, 15) is 9.59 Å². The van der Waals surface area contributed by atoms with Crippen LogP contribution in [0.5, 0.6) is 0 Å². The average Bonchev–Trinajstić information content (AvgIpc) is 2.60. The molecule has 0 aromatic heterocycles. The minimum absolute atomic E-state index is 0.190. The van der Waals surface area contributed by atoms with Gasteiger partial charge in [0.1, 0.15) is 0 Å². The molecule has 1 aromatic carbocycles. The molecule has 0 saturated heterocycles. The second kappa shape index (κ2) is 27.0. The number of carboxylic acids is 6. The molecule has 0 heterocycles. The largest absolute Gasteiger partial charge is 0.481 e. The van der Waals surface area contributed by atoms with Gasteiger partial charge in [0.2, 0.25) is 0 Å². The van der Waals surface area contributed by atoms with Crippen molar-refractivity contribution < 1.29 is 59.4 Å². The molecule has 0 aliphatic rings. The molecule has 0 bridgehead atoms. The maximum absolute atomic E-state index is 10.5. The molecule has 0 unspecified atom stereocenters. The van der Waals surface area contributed by atoms with Gasteiger partial charge < -0.3 is 42.1 Å². The maximum atomic E-state index is 10.5. The number of aromatic carboxylic acids is 2. The topological polar surface area (TPSA) is 276 Å². The normalized spacial score (nSPS) is 7.56. The van der Waals surface area contributed by atoms with Gasteiger partial charge in [0.15, 0.2) is 0 Å². The minimum Gasteiger partial charge on any atom is -0.481 e. The molecular weight excluding hydrogens is 436 g/mol. The van der Waals surface area contributed by atoms with Gasteiger partial charge in [-0.25, -0.2) is 9.59 Å². The van der Waals surface area contributed by atoms with Crippen molar-refractivity contribution in [2.45, 2.75) is 27.7 Å². The second-order valence-corrected chi connectivity index (χ2v) is 4.81. The minimum atomic E-state index is -1.23. The molecule has 14 nitrogen and oxygen atoms in total. The lowest BCUT2D eigenvalue weighted by Gasteiger charge is -1.98. The van der Waals surface area contributed by atoms with Gasteiger partial charge >= 0.3 is 11.9 Å². The van der Waals surface area contributed by atoms with Crippen LogP contribution < -0.4 is 11.5 Å². The van der Waals surface area contributed by atoms with Crippen LogP contribution in [-0.2, 0) is 19.2 Å². The highest BCUT2D eigenvalue weighted by atomic mass is 16.4. The van der Waals surface area contributed by atoms with Crippen molar-refractivity contribution >= 4 is 35.8 Å². The van der Waals surface area contributed by atoms with Crippen molar-refractivity contribution in [1.29, 1.82) is 0 Å². The van der Waals surface area contributed by atoms with E-state index in [2.05, 4.69) is 0 Å². The lowest BCUT2D eigenvalue weighted by molar-refractivity contribution is -0.135. The van der Waals surface area contributed by atoms with Crippen molar-refractivity contribution in [3.8, 4) is 0 Å². The molecule has 0 saturated carbocycles. The van der Waals surface area contributed by atoms with E-state index in [1.807, 2.05) is 0 Å². The average molecular weight is 466 g/mol. The van der Waals surface area contributed by atoms with Gasteiger partial charge in [-0.15, -0.1) is 0 Å². The van der Waals surface area contributed by atoms with Crippen LogP contribution in [0, 0.1) is 0 Å². The summed E-state index contributed by atoms with van der Waals surface area (Å²) in [5, 5.41) is 46.8. The summed E-state index contributed by atoms with van der Waals surface area (Å²) >= 11 is 0. The number of rotatable bonds is 3. The predicted octanol–water partition coefficient (Wildman–Crippen LogP) is 0.350. The highest BCUT2D eigenvalue weighted by Gasteiger charge is 2.13. The fourth-order valence-corrected chi connectivity index (χ4v) is 0.856. The Kier molecular flexibility index (Phi) is 32.5. The molecule has 0 amide bonds. The Balaban J connectivity index is -0.000000102. The molecule has 0 aliphatic carbocycles. The zero-order valence-corrected chi connectivity index (χ0v) is 18.0. The highest BCUT2D eigenvalue weighted by Crippen LogP contribution is 2.07. The van der Waals surface area contributed by atoms with Crippen molar-refractivity contribution in [2.75, 3.05) is 13.1 Å². The number of carbonyl (C=O) groups is 6. The molecule has 0 aliphatic heterocycles. The first-order valence-electron chi connectivity index (χ1n) is 8.21. The van der Waals surface area contributed by atoms with Crippen molar-refractivity contribution in [2.24, 2.45) is 11.5 Å². The number of carboxylic acid groups (broad SMARTS) is 6. The summed E-state index contributed by atoms with van der Waals surface area (Å²) in [6.07, 6.45) is 0. The van der Waals surface area contributed by atoms with Gasteiger partial charge in [-0.2, -0.15) is 0 Å². The van der Waals surface area contributed by atoms with E-state index in [1.165, 1.54) is 24.3 Å². The van der Waals surface area contributed by atoms with Crippen LogP contribution >= 0.6 is 0 Å². The van der Waals surface area contributed by atoms with Crippen LogP contribution in [0.15, 0.2) is 24.3 Å². The zero-order valence-electron chi connectivity index (χ0n) is 18.0. The summed E-state index contributed by atoms with van der Waals surface area (Å²) in [5.74, 6) is -5.79. The van der Waals surface area contributed by atoms with Crippen LogP contribution in [0.2, 0.25) is 0 Å². The maximum Gasteiger partial charge on any atom is 0.336 e. The van der Waals surface area contributed by atoms with Gasteiger partial charge in [-0.1, -0.05) is 12.1 Å². The lowest BCUT2D eigenvalue weighted by Crippen LogP contribution is -2.11. The lowest BCUT2D eigenvalue weighted by atomic mass is 10.1. The summed E-state index contributed by atoms with van der Waals surface area (Å²) in [5.41, 5.74) is 9.43. The summed E-state index contributed by atoms with van der Waals surface area (Å²) < 4.78 is 0. The Morgan fingerprint density at radius 3 is 0.812 bits per heavy atom. The predicted molar refractivity (Wildman–Crippen MR) is 112 cm³/mol. The van der Waals surface area contributed by atoms with Gasteiger partial charge in [-0.3, -0.25) is 19.2 Å². The van der Waals surface area contributed by atoms with Crippen LogP contribution in [0.3, 0.4) is 0 Å². The van der Waals surface area contributed by atoms with Gasteiger partial charge in [-0.05, 0) is 12.1 Å². The molecule has 14 heteroatoms. The van der Waals surface area contributed by atoms with E-state index in [0.29, 0.717) is 13.1 Å². The first-order valence-corrected chi connectivity index (χ1v) is 8.21. The summed E-state index contributed by atoms with van der Waals surface area (Å²) in [6.45, 7) is 5.53. The number of benzene rings is 1. The molecule has 0 atom stereocenters. The molecule has 0 fully saturated rings. The van der Waals surface area contributed by atoms with Crippen LogP contribution in [0.25, 0.3) is 0 Å². The third-order valence-corrected chi connectivity index (χ3v) is 1.55. The Bertz CT molecular complexity index is 606. The van der Waals surface area contributed by atoms with Crippen molar-refractivity contribution in [1.82, 2.24) is 0 Å². The summed E-state index contributed by atoms with van der Waals surface area (Å²) in [6, 6.07) is 5.48. The van der Waals surface area contributed by atoms with E-state index in [4.69, 9.17) is 61.3 Å². The van der Waals surface area contributed by atoms with Crippen LogP contribution in [0.1, 0.15) is 48.4 Å². The molecule has 32 heavy (non-hydrogen) atoms. The molecule has 0 spiro atoms. The number of aliphatic carboxylic acids is 4. The van der Waals surface area contributed by atoms with E-state index >= 15 is 0 Å². The molecule has 10 N–H and O–H groups in total.